The van der Waals surface area contributed by atoms with E-state index in [9.17, 15) is 9.59 Å². The number of halogens is 1. The van der Waals surface area contributed by atoms with E-state index < -0.39 is 0 Å². The Morgan fingerprint density at radius 1 is 1.42 bits per heavy atom. The molecule has 0 aromatic heterocycles. The maximum atomic E-state index is 12.0. The zero-order valence-corrected chi connectivity index (χ0v) is 11.6. The largest absolute Gasteiger partial charge is 0.351 e. The predicted octanol–water partition coefficient (Wildman–Crippen LogP) is 1.85. The molecule has 1 N–H and O–H groups in total. The highest BCUT2D eigenvalue weighted by Crippen LogP contribution is 2.21. The van der Waals surface area contributed by atoms with E-state index in [-0.39, 0.29) is 24.3 Å². The van der Waals surface area contributed by atoms with Crippen LogP contribution >= 0.6 is 11.6 Å². The van der Waals surface area contributed by atoms with Crippen LogP contribution in [0.15, 0.2) is 24.3 Å². The molecule has 19 heavy (non-hydrogen) atoms. The van der Waals surface area contributed by atoms with Crippen LogP contribution in [0.1, 0.15) is 18.4 Å². The van der Waals surface area contributed by atoms with Crippen LogP contribution in [-0.2, 0) is 9.59 Å². The highest BCUT2D eigenvalue weighted by molar-refractivity contribution is 6.18. The van der Waals surface area contributed by atoms with Crippen molar-refractivity contribution in [3.05, 3.63) is 29.8 Å². The minimum absolute atomic E-state index is 0.0417. The molecule has 1 aliphatic heterocycles. The molecule has 1 saturated heterocycles. The standard InChI is InChI=1S/C14H17ClN2O2/c1-10-2-4-12(5-3-10)17-9-11(8-14(17)19)16-13(18)6-7-15/h2-5,11H,6-9H2,1H3,(H,16,18). The Kier molecular flexibility index (Phi) is 4.43. The number of nitrogens with zero attached hydrogens (tertiary/aromatic N) is 1. The molecule has 0 bridgehead atoms. The van der Waals surface area contributed by atoms with Gasteiger partial charge in [-0.1, -0.05) is 17.7 Å². The van der Waals surface area contributed by atoms with Gasteiger partial charge in [-0.15, -0.1) is 11.6 Å². The van der Waals surface area contributed by atoms with Crippen LogP contribution in [0.5, 0.6) is 0 Å². The van der Waals surface area contributed by atoms with Crippen LogP contribution in [0.2, 0.25) is 0 Å². The molecular formula is C14H17ClN2O2. The molecule has 0 saturated carbocycles. The minimum Gasteiger partial charge on any atom is -0.351 e. The molecule has 5 heteroatoms. The van der Waals surface area contributed by atoms with Gasteiger partial charge >= 0.3 is 0 Å². The zero-order valence-electron chi connectivity index (χ0n) is 10.9. The van der Waals surface area contributed by atoms with Crippen LogP contribution in [-0.4, -0.2) is 30.3 Å². The number of hydrogen-bond donors (Lipinski definition) is 1. The average Bonchev–Trinajstić information content (AvgIpc) is 2.71. The molecule has 0 radical (unpaired) electrons. The van der Waals surface area contributed by atoms with Gasteiger partial charge in [-0.05, 0) is 19.1 Å². The first-order valence-electron chi connectivity index (χ1n) is 6.32. The van der Waals surface area contributed by atoms with Crippen molar-refractivity contribution in [3.63, 3.8) is 0 Å². The van der Waals surface area contributed by atoms with Gasteiger partial charge in [0.15, 0.2) is 0 Å². The van der Waals surface area contributed by atoms with Gasteiger partial charge in [0.25, 0.3) is 0 Å². The smallest absolute Gasteiger partial charge is 0.229 e. The van der Waals surface area contributed by atoms with Gasteiger partial charge < -0.3 is 10.2 Å². The Morgan fingerprint density at radius 3 is 2.74 bits per heavy atom. The molecule has 102 valence electrons. The third kappa shape index (κ3) is 3.47. The fraction of sp³-hybridized carbons (Fsp3) is 0.429. The van der Waals surface area contributed by atoms with Gasteiger partial charge in [-0.25, -0.2) is 0 Å². The van der Waals surface area contributed by atoms with E-state index in [4.69, 9.17) is 11.6 Å². The molecule has 1 unspecified atom stereocenters. The average molecular weight is 281 g/mol. The molecule has 2 rings (SSSR count). The SMILES string of the molecule is Cc1ccc(N2CC(NC(=O)CCCl)CC2=O)cc1. The lowest BCUT2D eigenvalue weighted by atomic mass is 10.2. The van der Waals surface area contributed by atoms with Crippen molar-refractivity contribution < 1.29 is 9.59 Å². The van der Waals surface area contributed by atoms with Crippen molar-refractivity contribution in [2.45, 2.75) is 25.8 Å². The number of nitrogens with one attached hydrogen (secondary N) is 1. The number of benzene rings is 1. The molecule has 0 spiro atoms. The third-order valence-corrected chi connectivity index (χ3v) is 3.35. The summed E-state index contributed by atoms with van der Waals surface area (Å²) >= 11 is 5.51. The van der Waals surface area contributed by atoms with Crippen LogP contribution < -0.4 is 10.2 Å². The Labute approximate surface area is 117 Å². The Hall–Kier alpha value is -1.55. The van der Waals surface area contributed by atoms with Crippen molar-refractivity contribution in [3.8, 4) is 0 Å². The molecule has 1 aromatic carbocycles. The lowest BCUT2D eigenvalue weighted by molar-refractivity contribution is -0.121. The molecule has 1 aromatic rings. The van der Waals surface area contributed by atoms with Crippen LogP contribution in [0, 0.1) is 6.92 Å². The van der Waals surface area contributed by atoms with Gasteiger partial charge in [-0.3, -0.25) is 9.59 Å². The van der Waals surface area contributed by atoms with E-state index in [2.05, 4.69) is 5.32 Å². The second kappa shape index (κ2) is 6.06. The molecule has 1 aliphatic rings. The first-order valence-corrected chi connectivity index (χ1v) is 6.86. The predicted molar refractivity (Wildman–Crippen MR) is 75.4 cm³/mol. The third-order valence-electron chi connectivity index (χ3n) is 3.16. The summed E-state index contributed by atoms with van der Waals surface area (Å²) in [6, 6.07) is 7.68. The van der Waals surface area contributed by atoms with E-state index in [1.54, 1.807) is 4.90 Å². The first-order chi connectivity index (χ1) is 9.10. The van der Waals surface area contributed by atoms with E-state index >= 15 is 0 Å². The number of rotatable bonds is 4. The summed E-state index contributed by atoms with van der Waals surface area (Å²) in [5, 5.41) is 2.84. The number of aryl methyl sites for hydroxylation is 1. The Morgan fingerprint density at radius 2 is 2.11 bits per heavy atom. The zero-order chi connectivity index (χ0) is 13.8. The number of carbonyl (C=O) groups excluding carboxylic acids is 2. The topological polar surface area (TPSA) is 49.4 Å². The second-order valence-electron chi connectivity index (χ2n) is 4.75. The van der Waals surface area contributed by atoms with Gasteiger partial charge in [0.05, 0.1) is 6.04 Å². The number of alkyl halides is 1. The lowest BCUT2D eigenvalue weighted by Crippen LogP contribution is -2.37. The number of hydrogen-bond acceptors (Lipinski definition) is 2. The highest BCUT2D eigenvalue weighted by Gasteiger charge is 2.31. The summed E-state index contributed by atoms with van der Waals surface area (Å²) in [5.74, 6) is 0.243. The number of anilines is 1. The van der Waals surface area contributed by atoms with Crippen molar-refractivity contribution in [2.75, 3.05) is 17.3 Å². The fourth-order valence-electron chi connectivity index (χ4n) is 2.16. The maximum absolute atomic E-state index is 12.0. The van der Waals surface area contributed by atoms with Crippen molar-refractivity contribution in [1.82, 2.24) is 5.32 Å². The molecule has 0 aliphatic carbocycles. The monoisotopic (exact) mass is 280 g/mol. The second-order valence-corrected chi connectivity index (χ2v) is 5.13. The van der Waals surface area contributed by atoms with E-state index in [1.165, 1.54) is 0 Å². The van der Waals surface area contributed by atoms with Gasteiger partial charge in [-0.2, -0.15) is 0 Å². The van der Waals surface area contributed by atoms with Crippen molar-refractivity contribution in [1.29, 1.82) is 0 Å². The molecule has 1 fully saturated rings. The molecule has 1 heterocycles. The maximum Gasteiger partial charge on any atom is 0.229 e. The quantitative estimate of drug-likeness (QED) is 0.856. The summed E-state index contributed by atoms with van der Waals surface area (Å²) in [6.07, 6.45) is 0.638. The Balaban J connectivity index is 1.99. The van der Waals surface area contributed by atoms with Crippen LogP contribution in [0.4, 0.5) is 5.69 Å². The van der Waals surface area contributed by atoms with Gasteiger partial charge in [0.1, 0.15) is 0 Å². The molecule has 4 nitrogen and oxygen atoms in total. The summed E-state index contributed by atoms with van der Waals surface area (Å²) in [7, 11) is 0. The normalized spacial score (nSPS) is 18.7. The summed E-state index contributed by atoms with van der Waals surface area (Å²) in [4.78, 5) is 25.1. The Bertz CT molecular complexity index is 473. The highest BCUT2D eigenvalue weighted by atomic mass is 35.5. The van der Waals surface area contributed by atoms with Gasteiger partial charge in [0.2, 0.25) is 11.8 Å². The van der Waals surface area contributed by atoms with E-state index in [1.807, 2.05) is 31.2 Å². The van der Waals surface area contributed by atoms with E-state index in [0.29, 0.717) is 18.8 Å². The van der Waals surface area contributed by atoms with Gasteiger partial charge in [0, 0.05) is 31.0 Å². The number of amides is 2. The molecule has 1 atom stereocenters. The molecule has 2 amide bonds. The fourth-order valence-corrected chi connectivity index (χ4v) is 2.34. The van der Waals surface area contributed by atoms with Crippen molar-refractivity contribution >= 4 is 29.1 Å². The lowest BCUT2D eigenvalue weighted by Gasteiger charge is -2.17. The summed E-state index contributed by atoms with van der Waals surface area (Å²) in [5.41, 5.74) is 2.03. The van der Waals surface area contributed by atoms with E-state index in [0.717, 1.165) is 11.3 Å². The summed E-state index contributed by atoms with van der Waals surface area (Å²) in [6.45, 7) is 2.53. The van der Waals surface area contributed by atoms with Crippen LogP contribution in [0.25, 0.3) is 0 Å². The van der Waals surface area contributed by atoms with Crippen LogP contribution in [0.3, 0.4) is 0 Å². The molecular weight excluding hydrogens is 264 g/mol. The summed E-state index contributed by atoms with van der Waals surface area (Å²) < 4.78 is 0. The first kappa shape index (κ1) is 13.9. The van der Waals surface area contributed by atoms with Crippen molar-refractivity contribution in [2.24, 2.45) is 0 Å². The number of carbonyl (C=O) groups is 2. The minimum atomic E-state index is -0.121.